The molecule has 178 valence electrons. The maximum atomic E-state index is 12.8. The van der Waals surface area contributed by atoms with Gasteiger partial charge in [0.25, 0.3) is 0 Å². The average Bonchev–Trinajstić information content (AvgIpc) is 3.18. The number of halogens is 1. The van der Waals surface area contributed by atoms with Crippen molar-refractivity contribution in [1.82, 2.24) is 19.8 Å². The Balaban J connectivity index is 1.29. The van der Waals surface area contributed by atoms with Crippen molar-refractivity contribution in [3.05, 3.63) is 52.1 Å². The van der Waals surface area contributed by atoms with Crippen LogP contribution in [-0.2, 0) is 17.8 Å². The Bertz CT molecular complexity index is 1220. The first-order valence-electron chi connectivity index (χ1n) is 11.3. The van der Waals surface area contributed by atoms with Crippen LogP contribution in [0.2, 0.25) is 5.02 Å². The zero-order chi connectivity index (χ0) is 23.7. The van der Waals surface area contributed by atoms with Crippen molar-refractivity contribution in [1.29, 1.82) is 0 Å². The standard InChI is InChI=1S/C24H26ClN5O3S/c25-15-10-16(12-18(32)11-15)28-23-22-19-5-9-30(13-20(19)34-24(22)27-14-26-23)21(33)2-1-6-29-7-3-17(31)4-8-29/h1-2,10-12,14,17,31-32H,3-9,13H2,(H,26,27,28)/b2-1+. The van der Waals surface area contributed by atoms with E-state index in [1.165, 1.54) is 12.4 Å². The van der Waals surface area contributed by atoms with Gasteiger partial charge in [-0.2, -0.15) is 0 Å². The van der Waals surface area contributed by atoms with Gasteiger partial charge in [-0.1, -0.05) is 17.7 Å². The maximum absolute atomic E-state index is 12.8. The second-order valence-electron chi connectivity index (χ2n) is 8.67. The van der Waals surface area contributed by atoms with Gasteiger partial charge in [-0.25, -0.2) is 9.97 Å². The first kappa shape index (κ1) is 23.0. The molecule has 0 bridgehead atoms. The molecule has 2 aliphatic rings. The first-order valence-corrected chi connectivity index (χ1v) is 12.5. The molecule has 10 heteroatoms. The van der Waals surface area contributed by atoms with Crippen LogP contribution in [0, 0.1) is 0 Å². The van der Waals surface area contributed by atoms with E-state index in [-0.39, 0.29) is 17.8 Å². The molecular formula is C24H26ClN5O3S. The Morgan fingerprint density at radius 2 is 2.06 bits per heavy atom. The number of benzene rings is 1. The van der Waals surface area contributed by atoms with Gasteiger partial charge in [0.15, 0.2) is 0 Å². The number of aromatic hydroxyl groups is 1. The number of nitrogens with zero attached hydrogens (tertiary/aromatic N) is 4. The minimum atomic E-state index is -0.191. The molecule has 4 heterocycles. The number of aromatic nitrogens is 2. The number of carbonyl (C=O) groups is 1. The lowest BCUT2D eigenvalue weighted by atomic mass is 10.0. The Labute approximate surface area is 206 Å². The van der Waals surface area contributed by atoms with Crippen molar-refractivity contribution < 1.29 is 15.0 Å². The number of likely N-dealkylation sites (tertiary alicyclic amines) is 1. The highest BCUT2D eigenvalue weighted by molar-refractivity contribution is 7.19. The number of hydrogen-bond acceptors (Lipinski definition) is 8. The van der Waals surface area contributed by atoms with Crippen LogP contribution in [0.15, 0.2) is 36.7 Å². The summed E-state index contributed by atoms with van der Waals surface area (Å²) in [5.41, 5.74) is 1.81. The van der Waals surface area contributed by atoms with Gasteiger partial charge < -0.3 is 20.4 Å². The highest BCUT2D eigenvalue weighted by Gasteiger charge is 2.25. The highest BCUT2D eigenvalue weighted by atomic mass is 35.5. The van der Waals surface area contributed by atoms with E-state index in [0.29, 0.717) is 29.6 Å². The zero-order valence-corrected chi connectivity index (χ0v) is 20.1. The number of thiophene rings is 1. The largest absolute Gasteiger partial charge is 0.508 e. The van der Waals surface area contributed by atoms with Gasteiger partial charge in [0, 0.05) is 53.9 Å². The number of piperidine rings is 1. The number of aliphatic hydroxyl groups is 1. The fourth-order valence-electron chi connectivity index (χ4n) is 4.50. The molecule has 0 spiro atoms. The highest BCUT2D eigenvalue weighted by Crippen LogP contribution is 2.38. The van der Waals surface area contributed by atoms with Crippen LogP contribution in [0.1, 0.15) is 23.3 Å². The number of nitrogens with one attached hydrogen (secondary N) is 1. The van der Waals surface area contributed by atoms with Crippen LogP contribution in [-0.4, -0.2) is 68.2 Å². The van der Waals surface area contributed by atoms with Gasteiger partial charge in [0.2, 0.25) is 5.91 Å². The van der Waals surface area contributed by atoms with E-state index in [4.69, 9.17) is 11.6 Å². The fraction of sp³-hybridized carbons (Fsp3) is 0.375. The van der Waals surface area contributed by atoms with Gasteiger partial charge in [-0.05, 0) is 37.0 Å². The van der Waals surface area contributed by atoms with Gasteiger partial charge in [-0.3, -0.25) is 9.69 Å². The number of phenolic OH excluding ortho intramolecular Hbond substituents is 1. The molecule has 3 N–H and O–H groups in total. The summed E-state index contributed by atoms with van der Waals surface area (Å²) in [6.45, 7) is 3.63. The third-order valence-corrected chi connectivity index (χ3v) is 7.62. The molecule has 0 atom stereocenters. The Morgan fingerprint density at radius 3 is 2.85 bits per heavy atom. The number of anilines is 2. The van der Waals surface area contributed by atoms with E-state index in [1.807, 2.05) is 11.0 Å². The van der Waals surface area contributed by atoms with E-state index in [9.17, 15) is 15.0 Å². The van der Waals surface area contributed by atoms with Crippen LogP contribution < -0.4 is 5.32 Å². The zero-order valence-electron chi connectivity index (χ0n) is 18.6. The molecule has 1 aromatic carbocycles. The van der Waals surface area contributed by atoms with E-state index in [2.05, 4.69) is 20.2 Å². The number of amides is 1. The molecule has 5 rings (SSSR count). The molecular weight excluding hydrogens is 474 g/mol. The number of carbonyl (C=O) groups excluding carboxylic acids is 1. The van der Waals surface area contributed by atoms with Crippen molar-refractivity contribution >= 4 is 50.6 Å². The molecule has 0 unspecified atom stereocenters. The summed E-state index contributed by atoms with van der Waals surface area (Å²) >= 11 is 7.66. The van der Waals surface area contributed by atoms with Crippen molar-refractivity contribution in [2.24, 2.45) is 0 Å². The Hall–Kier alpha value is -2.72. The SMILES string of the molecule is O=C(/C=C/CN1CCC(O)CC1)N1CCc2c(sc3ncnc(Nc4cc(O)cc(Cl)c4)c23)C1. The molecule has 8 nitrogen and oxygen atoms in total. The second-order valence-corrected chi connectivity index (χ2v) is 10.2. The van der Waals surface area contributed by atoms with Crippen molar-refractivity contribution in [3.8, 4) is 5.75 Å². The van der Waals surface area contributed by atoms with Gasteiger partial charge in [-0.15, -0.1) is 11.3 Å². The lowest BCUT2D eigenvalue weighted by Gasteiger charge is -2.28. The van der Waals surface area contributed by atoms with Crippen LogP contribution >= 0.6 is 22.9 Å². The number of rotatable bonds is 5. The smallest absolute Gasteiger partial charge is 0.246 e. The molecule has 1 amide bonds. The maximum Gasteiger partial charge on any atom is 0.246 e. The molecule has 0 saturated carbocycles. The van der Waals surface area contributed by atoms with E-state index in [0.717, 1.165) is 59.6 Å². The summed E-state index contributed by atoms with van der Waals surface area (Å²) in [5, 5.41) is 24.1. The third-order valence-electron chi connectivity index (χ3n) is 6.28. The molecule has 3 aromatic rings. The topological polar surface area (TPSA) is 102 Å². The van der Waals surface area contributed by atoms with Crippen LogP contribution in [0.3, 0.4) is 0 Å². The third kappa shape index (κ3) is 5.02. The quantitative estimate of drug-likeness (QED) is 0.460. The molecule has 0 radical (unpaired) electrons. The summed E-state index contributed by atoms with van der Waals surface area (Å²) in [6, 6.07) is 4.80. The van der Waals surface area contributed by atoms with Crippen molar-refractivity contribution in [3.63, 3.8) is 0 Å². The molecule has 1 saturated heterocycles. The first-order chi connectivity index (χ1) is 16.5. The lowest BCUT2D eigenvalue weighted by molar-refractivity contribution is -0.126. The van der Waals surface area contributed by atoms with Crippen molar-refractivity contribution in [2.45, 2.75) is 31.9 Å². The van der Waals surface area contributed by atoms with Gasteiger partial charge in [0.05, 0.1) is 18.0 Å². The van der Waals surface area contributed by atoms with Crippen LogP contribution in [0.5, 0.6) is 5.75 Å². The number of phenols is 1. The molecule has 0 aliphatic carbocycles. The molecule has 2 aliphatic heterocycles. The normalized spacial score (nSPS) is 17.4. The second kappa shape index (κ2) is 9.87. The minimum absolute atomic E-state index is 0.0129. The van der Waals surface area contributed by atoms with E-state index >= 15 is 0 Å². The number of fused-ring (bicyclic) bond motifs is 3. The predicted molar refractivity (Wildman–Crippen MR) is 134 cm³/mol. The number of hydrogen-bond donors (Lipinski definition) is 3. The fourth-order valence-corrected chi connectivity index (χ4v) is 5.94. The average molecular weight is 500 g/mol. The predicted octanol–water partition coefficient (Wildman–Crippen LogP) is 3.69. The van der Waals surface area contributed by atoms with E-state index < -0.39 is 0 Å². The lowest BCUT2D eigenvalue weighted by Crippen LogP contribution is -2.36. The van der Waals surface area contributed by atoms with Gasteiger partial charge >= 0.3 is 0 Å². The van der Waals surface area contributed by atoms with Gasteiger partial charge in [0.1, 0.15) is 22.7 Å². The number of aliphatic hydroxyl groups excluding tert-OH is 1. The summed E-state index contributed by atoms with van der Waals surface area (Å²) in [4.78, 5) is 27.8. The van der Waals surface area contributed by atoms with Crippen LogP contribution in [0.25, 0.3) is 10.2 Å². The Morgan fingerprint density at radius 1 is 1.24 bits per heavy atom. The Kier molecular flexibility index (Phi) is 6.69. The summed E-state index contributed by atoms with van der Waals surface area (Å²) in [7, 11) is 0. The monoisotopic (exact) mass is 499 g/mol. The minimum Gasteiger partial charge on any atom is -0.508 e. The molecule has 2 aromatic heterocycles. The summed E-state index contributed by atoms with van der Waals surface area (Å²) in [6.07, 6.45) is 7.23. The van der Waals surface area contributed by atoms with Crippen molar-refractivity contribution in [2.75, 3.05) is 31.5 Å². The summed E-state index contributed by atoms with van der Waals surface area (Å²) in [5.74, 6) is 0.752. The van der Waals surface area contributed by atoms with Crippen LogP contribution in [0.4, 0.5) is 11.5 Å². The summed E-state index contributed by atoms with van der Waals surface area (Å²) < 4.78 is 0. The molecule has 1 fully saturated rings. The molecule has 34 heavy (non-hydrogen) atoms. The van der Waals surface area contributed by atoms with E-state index in [1.54, 1.807) is 29.5 Å².